The molecule has 1 atom stereocenters. The van der Waals surface area contributed by atoms with Gasteiger partial charge in [-0.25, -0.2) is 0 Å². The summed E-state index contributed by atoms with van der Waals surface area (Å²) in [6.07, 6.45) is 0. The normalized spacial score (nSPS) is 20.1. The summed E-state index contributed by atoms with van der Waals surface area (Å²) in [4.78, 5) is 16.8. The highest BCUT2D eigenvalue weighted by atomic mass is 16.1. The molecule has 0 saturated carbocycles. The van der Waals surface area contributed by atoms with E-state index in [4.69, 9.17) is 5.73 Å². The van der Waals surface area contributed by atoms with E-state index in [1.807, 2.05) is 25.2 Å². The molecule has 0 radical (unpaired) electrons. The van der Waals surface area contributed by atoms with Crippen LogP contribution in [0.5, 0.6) is 0 Å². The SMILES string of the molecule is CN1CCN(c2cc(=O)n(C)c3ccccc23)C(CN)C1. The van der Waals surface area contributed by atoms with Crippen LogP contribution in [0, 0.1) is 0 Å². The minimum absolute atomic E-state index is 0.0263. The number of fused-ring (bicyclic) bond motifs is 1. The monoisotopic (exact) mass is 286 g/mol. The third kappa shape index (κ3) is 2.43. The molecule has 21 heavy (non-hydrogen) atoms. The number of nitrogens with two attached hydrogens (primary N) is 1. The van der Waals surface area contributed by atoms with Crippen molar-refractivity contribution in [3.63, 3.8) is 0 Å². The van der Waals surface area contributed by atoms with E-state index in [2.05, 4.69) is 22.9 Å². The van der Waals surface area contributed by atoms with Crippen LogP contribution in [0.2, 0.25) is 0 Å². The summed E-state index contributed by atoms with van der Waals surface area (Å²) < 4.78 is 1.70. The Hall–Kier alpha value is -1.85. The fraction of sp³-hybridized carbons (Fsp3) is 0.438. The highest BCUT2D eigenvalue weighted by molar-refractivity contribution is 5.92. The lowest BCUT2D eigenvalue weighted by Crippen LogP contribution is -2.55. The van der Waals surface area contributed by atoms with Crippen molar-refractivity contribution in [1.29, 1.82) is 0 Å². The zero-order chi connectivity index (χ0) is 15.0. The average Bonchev–Trinajstić information content (AvgIpc) is 2.51. The number of rotatable bonds is 2. The second-order valence-electron chi connectivity index (χ2n) is 5.79. The van der Waals surface area contributed by atoms with Crippen LogP contribution in [0.15, 0.2) is 35.1 Å². The van der Waals surface area contributed by atoms with Gasteiger partial charge in [0.2, 0.25) is 0 Å². The maximum Gasteiger partial charge on any atom is 0.252 e. The number of hydrogen-bond donors (Lipinski definition) is 1. The van der Waals surface area contributed by atoms with Crippen molar-refractivity contribution < 1.29 is 0 Å². The number of para-hydroxylation sites is 1. The summed E-state index contributed by atoms with van der Waals surface area (Å²) in [5, 5.41) is 1.11. The van der Waals surface area contributed by atoms with Crippen LogP contribution < -0.4 is 16.2 Å². The van der Waals surface area contributed by atoms with Crippen molar-refractivity contribution in [2.45, 2.75) is 6.04 Å². The van der Waals surface area contributed by atoms with Gasteiger partial charge in [0.15, 0.2) is 0 Å². The van der Waals surface area contributed by atoms with Gasteiger partial charge in [-0.05, 0) is 13.1 Å². The molecule has 1 aliphatic rings. The Morgan fingerprint density at radius 3 is 2.76 bits per heavy atom. The molecule has 2 N–H and O–H groups in total. The van der Waals surface area contributed by atoms with Gasteiger partial charge in [0.05, 0.1) is 17.2 Å². The Morgan fingerprint density at radius 1 is 1.24 bits per heavy atom. The second-order valence-corrected chi connectivity index (χ2v) is 5.79. The number of anilines is 1. The number of aryl methyl sites for hydroxylation is 1. The van der Waals surface area contributed by atoms with E-state index in [0.29, 0.717) is 6.54 Å². The van der Waals surface area contributed by atoms with E-state index in [0.717, 1.165) is 36.2 Å². The maximum absolute atomic E-state index is 12.3. The molecule has 0 bridgehead atoms. The standard InChI is InChI=1S/C16H22N4O/c1-18-7-8-20(12(10-17)11-18)15-9-16(21)19(2)14-6-4-3-5-13(14)15/h3-6,9,12H,7-8,10-11,17H2,1-2H3. The van der Waals surface area contributed by atoms with E-state index in [9.17, 15) is 4.79 Å². The van der Waals surface area contributed by atoms with Crippen LogP contribution in [0.3, 0.4) is 0 Å². The lowest BCUT2D eigenvalue weighted by Gasteiger charge is -2.41. The first kappa shape index (κ1) is 14.1. The topological polar surface area (TPSA) is 54.5 Å². The first-order valence-corrected chi connectivity index (χ1v) is 7.36. The van der Waals surface area contributed by atoms with Gasteiger partial charge in [0, 0.05) is 44.7 Å². The highest BCUT2D eigenvalue weighted by Gasteiger charge is 2.26. The van der Waals surface area contributed by atoms with Gasteiger partial charge in [0.1, 0.15) is 0 Å². The van der Waals surface area contributed by atoms with Crippen molar-refractivity contribution >= 4 is 16.6 Å². The number of benzene rings is 1. The Balaban J connectivity index is 2.16. The quantitative estimate of drug-likeness (QED) is 0.879. The third-order valence-electron chi connectivity index (χ3n) is 4.40. The van der Waals surface area contributed by atoms with E-state index in [1.54, 1.807) is 10.6 Å². The van der Waals surface area contributed by atoms with Gasteiger partial charge in [-0.2, -0.15) is 0 Å². The molecule has 1 aromatic carbocycles. The first-order chi connectivity index (χ1) is 10.1. The van der Waals surface area contributed by atoms with Crippen molar-refractivity contribution in [1.82, 2.24) is 9.47 Å². The van der Waals surface area contributed by atoms with Crippen molar-refractivity contribution in [2.24, 2.45) is 12.8 Å². The van der Waals surface area contributed by atoms with Gasteiger partial charge in [-0.15, -0.1) is 0 Å². The lowest BCUT2D eigenvalue weighted by atomic mass is 10.1. The summed E-state index contributed by atoms with van der Waals surface area (Å²) >= 11 is 0. The number of hydrogen-bond acceptors (Lipinski definition) is 4. The molecule has 2 aromatic rings. The summed E-state index contributed by atoms with van der Waals surface area (Å²) in [5.74, 6) is 0. The number of aromatic nitrogens is 1. The molecule has 1 saturated heterocycles. The molecule has 0 aliphatic carbocycles. The van der Waals surface area contributed by atoms with Crippen molar-refractivity contribution in [3.05, 3.63) is 40.7 Å². The molecule has 1 aromatic heterocycles. The molecule has 1 fully saturated rings. The van der Waals surface area contributed by atoms with E-state index in [-0.39, 0.29) is 11.6 Å². The average molecular weight is 286 g/mol. The highest BCUT2D eigenvalue weighted by Crippen LogP contribution is 2.27. The van der Waals surface area contributed by atoms with Gasteiger partial charge < -0.3 is 20.1 Å². The Kier molecular flexibility index (Phi) is 3.69. The Morgan fingerprint density at radius 2 is 2.00 bits per heavy atom. The number of nitrogens with zero attached hydrogens (tertiary/aromatic N) is 3. The van der Waals surface area contributed by atoms with Crippen LogP contribution in [-0.2, 0) is 7.05 Å². The van der Waals surface area contributed by atoms with Crippen molar-refractivity contribution in [3.8, 4) is 0 Å². The first-order valence-electron chi connectivity index (χ1n) is 7.36. The smallest absolute Gasteiger partial charge is 0.252 e. The maximum atomic E-state index is 12.3. The summed E-state index contributed by atoms with van der Waals surface area (Å²) in [6, 6.07) is 10.1. The number of piperazine rings is 1. The van der Waals surface area contributed by atoms with Crippen LogP contribution in [0.4, 0.5) is 5.69 Å². The largest absolute Gasteiger partial charge is 0.364 e. The van der Waals surface area contributed by atoms with Crippen LogP contribution in [0.1, 0.15) is 0 Å². The molecule has 112 valence electrons. The predicted molar refractivity (Wildman–Crippen MR) is 86.9 cm³/mol. The fourth-order valence-electron chi connectivity index (χ4n) is 3.16. The van der Waals surface area contributed by atoms with E-state index < -0.39 is 0 Å². The predicted octanol–water partition coefficient (Wildman–Crippen LogP) is 0.618. The van der Waals surface area contributed by atoms with E-state index in [1.165, 1.54) is 0 Å². The number of likely N-dealkylation sites (N-methyl/N-ethyl adjacent to an activating group) is 1. The third-order valence-corrected chi connectivity index (χ3v) is 4.40. The zero-order valence-electron chi connectivity index (χ0n) is 12.6. The Bertz CT molecular complexity index is 709. The molecule has 0 amide bonds. The van der Waals surface area contributed by atoms with Gasteiger partial charge in [-0.3, -0.25) is 4.79 Å². The fourth-order valence-corrected chi connectivity index (χ4v) is 3.16. The summed E-state index contributed by atoms with van der Waals surface area (Å²) in [5.41, 5.74) is 7.96. The zero-order valence-corrected chi connectivity index (χ0v) is 12.6. The molecular weight excluding hydrogens is 264 g/mol. The van der Waals surface area contributed by atoms with Crippen LogP contribution in [0.25, 0.3) is 10.9 Å². The summed E-state index contributed by atoms with van der Waals surface area (Å²) in [6.45, 7) is 3.41. The van der Waals surface area contributed by atoms with Crippen LogP contribution in [-0.4, -0.2) is 48.7 Å². The second kappa shape index (κ2) is 5.50. The molecule has 3 rings (SSSR count). The molecule has 1 unspecified atom stereocenters. The van der Waals surface area contributed by atoms with E-state index >= 15 is 0 Å². The molecule has 2 heterocycles. The van der Waals surface area contributed by atoms with Crippen molar-refractivity contribution in [2.75, 3.05) is 38.1 Å². The minimum atomic E-state index is 0.0263. The Labute approximate surface area is 124 Å². The number of pyridine rings is 1. The lowest BCUT2D eigenvalue weighted by molar-refractivity contribution is 0.270. The molecule has 5 nitrogen and oxygen atoms in total. The minimum Gasteiger partial charge on any atom is -0.364 e. The van der Waals surface area contributed by atoms with Gasteiger partial charge >= 0.3 is 0 Å². The molecule has 5 heteroatoms. The molecule has 1 aliphatic heterocycles. The van der Waals surface area contributed by atoms with Gasteiger partial charge in [0.25, 0.3) is 5.56 Å². The van der Waals surface area contributed by atoms with Crippen LogP contribution >= 0.6 is 0 Å². The molecule has 0 spiro atoms. The van der Waals surface area contributed by atoms with Gasteiger partial charge in [-0.1, -0.05) is 18.2 Å². The summed E-state index contributed by atoms with van der Waals surface area (Å²) in [7, 11) is 3.93. The molecular formula is C16H22N4O.